The molecule has 0 atom stereocenters. The van der Waals surface area contributed by atoms with E-state index in [4.69, 9.17) is 17.2 Å². The topological polar surface area (TPSA) is 61.8 Å². The van der Waals surface area contributed by atoms with Crippen LogP contribution in [0.2, 0.25) is 0 Å². The molecule has 0 bridgehead atoms. The van der Waals surface area contributed by atoms with Crippen LogP contribution in [0.15, 0.2) is 28.2 Å². The lowest BCUT2D eigenvalue weighted by Gasteiger charge is -2.10. The van der Waals surface area contributed by atoms with Gasteiger partial charge in [0.15, 0.2) is 16.6 Å². The number of thioether (sulfide) groups is 1. The second-order valence-corrected chi connectivity index (χ2v) is 9.19. The number of hydrogen-bond acceptors (Lipinski definition) is 5. The van der Waals surface area contributed by atoms with Crippen LogP contribution in [0.1, 0.15) is 34.3 Å². The predicted octanol–water partition coefficient (Wildman–Crippen LogP) is 3.80. The number of rotatable bonds is 6. The van der Waals surface area contributed by atoms with Crippen LogP contribution >= 0.6 is 24.0 Å². The maximum absolute atomic E-state index is 12.8. The third-order valence-electron chi connectivity index (χ3n) is 5.47. The molecule has 29 heavy (non-hydrogen) atoms. The van der Waals surface area contributed by atoms with Gasteiger partial charge in [-0.15, -0.1) is 0 Å². The molecule has 4 rings (SSSR count). The van der Waals surface area contributed by atoms with Gasteiger partial charge in [0.05, 0.1) is 5.75 Å². The first-order valence-electron chi connectivity index (χ1n) is 9.67. The van der Waals surface area contributed by atoms with Crippen LogP contribution in [-0.2, 0) is 20.6 Å². The predicted molar refractivity (Wildman–Crippen MR) is 118 cm³/mol. The van der Waals surface area contributed by atoms with Gasteiger partial charge in [0.25, 0.3) is 0 Å². The van der Waals surface area contributed by atoms with E-state index in [1.165, 1.54) is 33.7 Å². The molecule has 1 aliphatic rings. The van der Waals surface area contributed by atoms with Gasteiger partial charge in [-0.25, -0.2) is 9.78 Å². The maximum Gasteiger partial charge on any atom is 0.330 e. The molecule has 1 saturated carbocycles. The lowest BCUT2D eigenvalue weighted by atomic mass is 10.0. The summed E-state index contributed by atoms with van der Waals surface area (Å²) in [4.78, 5) is 30.0. The Hall–Kier alpha value is -2.19. The van der Waals surface area contributed by atoms with Crippen LogP contribution in [0, 0.1) is 24.4 Å². The van der Waals surface area contributed by atoms with Crippen LogP contribution in [-0.4, -0.2) is 30.2 Å². The van der Waals surface area contributed by atoms with Crippen molar-refractivity contribution < 1.29 is 4.79 Å². The third-order valence-corrected chi connectivity index (χ3v) is 6.91. The zero-order valence-corrected chi connectivity index (χ0v) is 18.7. The standard InChI is InChI=1S/C21H24N4O2S2/c1-12-5-8-15(13(2)9-12)16(26)11-29-20-22-18-17(25(20)10-14-6-7-14)19(28)24(4)21(27)23(18)3/h5,8-9,14H,6-7,10-11H2,1-4H3. The number of nitrogens with zero attached hydrogens (tertiary/aromatic N) is 4. The maximum atomic E-state index is 12.8. The van der Waals surface area contributed by atoms with Crippen LogP contribution in [0.4, 0.5) is 0 Å². The second-order valence-electron chi connectivity index (χ2n) is 7.86. The summed E-state index contributed by atoms with van der Waals surface area (Å²) in [5.41, 5.74) is 4.07. The zero-order valence-electron chi connectivity index (χ0n) is 17.1. The van der Waals surface area contributed by atoms with Gasteiger partial charge in [-0.1, -0.05) is 47.7 Å². The quantitative estimate of drug-likeness (QED) is 0.339. The van der Waals surface area contributed by atoms with Gasteiger partial charge in [-0.05, 0) is 38.2 Å². The van der Waals surface area contributed by atoms with Crippen molar-refractivity contribution in [1.29, 1.82) is 0 Å². The van der Waals surface area contributed by atoms with Crippen molar-refractivity contribution in [2.75, 3.05) is 5.75 Å². The highest BCUT2D eigenvalue weighted by atomic mass is 32.2. The van der Waals surface area contributed by atoms with Crippen molar-refractivity contribution in [3.63, 3.8) is 0 Å². The molecule has 0 radical (unpaired) electrons. The summed E-state index contributed by atoms with van der Waals surface area (Å²) in [7, 11) is 3.40. The molecule has 1 aromatic carbocycles. The summed E-state index contributed by atoms with van der Waals surface area (Å²) < 4.78 is 5.61. The number of carbonyl (C=O) groups is 1. The Balaban J connectivity index is 1.72. The lowest BCUT2D eigenvalue weighted by molar-refractivity contribution is 0.102. The Morgan fingerprint density at radius 1 is 1.24 bits per heavy atom. The average Bonchev–Trinajstić information content (AvgIpc) is 3.42. The fraction of sp³-hybridized carbons (Fsp3) is 0.429. The molecule has 0 saturated heterocycles. The van der Waals surface area contributed by atoms with Crippen LogP contribution in [0.5, 0.6) is 0 Å². The summed E-state index contributed by atoms with van der Waals surface area (Å²) in [6, 6.07) is 5.89. The minimum Gasteiger partial charge on any atom is -0.315 e. The minimum atomic E-state index is -0.193. The second kappa shape index (κ2) is 7.57. The molecular weight excluding hydrogens is 404 g/mol. The SMILES string of the molecule is Cc1ccc(C(=O)CSc2nc3c(c(=S)n(C)c(=O)n3C)n2CC2CC2)c(C)c1. The van der Waals surface area contributed by atoms with E-state index in [1.54, 1.807) is 14.1 Å². The third kappa shape index (κ3) is 3.71. The van der Waals surface area contributed by atoms with E-state index in [9.17, 15) is 9.59 Å². The fourth-order valence-electron chi connectivity index (χ4n) is 3.60. The Kier molecular flexibility index (Phi) is 5.25. The fourth-order valence-corrected chi connectivity index (χ4v) is 4.77. The van der Waals surface area contributed by atoms with E-state index < -0.39 is 0 Å². The van der Waals surface area contributed by atoms with E-state index in [0.29, 0.717) is 22.0 Å². The molecule has 1 fully saturated rings. The van der Waals surface area contributed by atoms with Crippen LogP contribution < -0.4 is 5.69 Å². The Bertz CT molecular complexity index is 1250. The van der Waals surface area contributed by atoms with E-state index >= 15 is 0 Å². The molecule has 152 valence electrons. The van der Waals surface area contributed by atoms with Gasteiger partial charge in [0, 0.05) is 26.2 Å². The van der Waals surface area contributed by atoms with Crippen LogP contribution in [0.3, 0.4) is 0 Å². The number of ketones is 1. The van der Waals surface area contributed by atoms with Gasteiger partial charge in [-0.2, -0.15) is 0 Å². The number of imidazole rings is 1. The largest absolute Gasteiger partial charge is 0.330 e. The highest BCUT2D eigenvalue weighted by Crippen LogP contribution is 2.34. The van der Waals surface area contributed by atoms with E-state index in [1.807, 2.05) is 32.0 Å². The average molecular weight is 429 g/mol. The van der Waals surface area contributed by atoms with Gasteiger partial charge < -0.3 is 4.57 Å². The van der Waals surface area contributed by atoms with E-state index in [-0.39, 0.29) is 11.5 Å². The van der Waals surface area contributed by atoms with E-state index in [0.717, 1.165) is 33.9 Å². The summed E-state index contributed by atoms with van der Waals surface area (Å²) >= 11 is 6.99. The number of fused-ring (bicyclic) bond motifs is 1. The molecule has 0 N–H and O–H groups in total. The lowest BCUT2D eigenvalue weighted by Crippen LogP contribution is -2.28. The first-order chi connectivity index (χ1) is 13.8. The molecule has 2 aromatic heterocycles. The number of Topliss-reactive ketones (excluding diaryl/α,β-unsaturated/α-hetero) is 1. The summed E-state index contributed by atoms with van der Waals surface area (Å²) in [6.45, 7) is 4.80. The molecule has 0 spiro atoms. The first kappa shape index (κ1) is 20.1. The molecule has 2 heterocycles. The van der Waals surface area contributed by atoms with Crippen molar-refractivity contribution in [1.82, 2.24) is 18.7 Å². The normalized spacial score (nSPS) is 13.9. The molecule has 0 amide bonds. The highest BCUT2D eigenvalue weighted by molar-refractivity contribution is 7.99. The number of hydrogen-bond donors (Lipinski definition) is 0. The first-order valence-corrected chi connectivity index (χ1v) is 11.1. The van der Waals surface area contributed by atoms with Crippen molar-refractivity contribution >= 4 is 40.9 Å². The molecule has 0 unspecified atom stereocenters. The number of aryl methyl sites for hydroxylation is 3. The molecule has 0 aliphatic heterocycles. The molecule has 8 heteroatoms. The smallest absolute Gasteiger partial charge is 0.315 e. The van der Waals surface area contributed by atoms with Crippen molar-refractivity contribution in [3.8, 4) is 0 Å². The Morgan fingerprint density at radius 3 is 2.62 bits per heavy atom. The van der Waals surface area contributed by atoms with Gasteiger partial charge >= 0.3 is 5.69 Å². The molecule has 1 aliphatic carbocycles. The summed E-state index contributed by atoms with van der Waals surface area (Å²) in [6.07, 6.45) is 2.38. The summed E-state index contributed by atoms with van der Waals surface area (Å²) in [5.74, 6) is 0.986. The zero-order chi connectivity index (χ0) is 20.9. The van der Waals surface area contributed by atoms with Gasteiger partial charge in [0.2, 0.25) is 0 Å². The molecule has 6 nitrogen and oxygen atoms in total. The monoisotopic (exact) mass is 428 g/mol. The highest BCUT2D eigenvalue weighted by Gasteiger charge is 2.26. The van der Waals surface area contributed by atoms with Crippen molar-refractivity contribution in [3.05, 3.63) is 50.0 Å². The number of carbonyl (C=O) groups excluding carboxylic acids is 1. The van der Waals surface area contributed by atoms with E-state index in [2.05, 4.69) is 4.57 Å². The minimum absolute atomic E-state index is 0.0792. The van der Waals surface area contributed by atoms with Gasteiger partial charge in [-0.3, -0.25) is 13.9 Å². The van der Waals surface area contributed by atoms with Crippen molar-refractivity contribution in [2.24, 2.45) is 20.0 Å². The van der Waals surface area contributed by atoms with Crippen molar-refractivity contribution in [2.45, 2.75) is 38.4 Å². The van der Waals surface area contributed by atoms with Crippen LogP contribution in [0.25, 0.3) is 11.2 Å². The molecular formula is C21H24N4O2S2. The summed E-state index contributed by atoms with van der Waals surface area (Å²) in [5, 5.41) is 0.748. The number of benzene rings is 1. The Labute approximate surface area is 178 Å². The molecule has 3 aromatic rings. The van der Waals surface area contributed by atoms with Gasteiger partial charge in [0.1, 0.15) is 10.2 Å². The number of aromatic nitrogens is 4. The Morgan fingerprint density at radius 2 is 1.97 bits per heavy atom.